The maximum atomic E-state index is 12.9. The van der Waals surface area contributed by atoms with Crippen LogP contribution >= 0.6 is 0 Å². The predicted molar refractivity (Wildman–Crippen MR) is 297 cm³/mol. The summed E-state index contributed by atoms with van der Waals surface area (Å²) in [4.78, 5) is 48.9. The number of hydrogen-bond donors (Lipinski definition) is 15. The van der Waals surface area contributed by atoms with Gasteiger partial charge < -0.3 is 143 Å². The van der Waals surface area contributed by atoms with Gasteiger partial charge in [-0.2, -0.15) is 0 Å². The molecule has 91 heavy (non-hydrogen) atoms. The van der Waals surface area contributed by atoms with Crippen molar-refractivity contribution in [2.45, 2.75) is 105 Å². The zero-order chi connectivity index (χ0) is 66.3. The minimum Gasteiger partial charge on any atom is -0.507 e. The summed E-state index contributed by atoms with van der Waals surface area (Å²) in [5.74, 6) is -10.1. The Morgan fingerprint density at radius 3 is 1.34 bits per heavy atom. The number of fused-ring (bicyclic) bond motifs is 1. The van der Waals surface area contributed by atoms with E-state index in [1.165, 1.54) is 64.9 Å². The second-order valence-corrected chi connectivity index (χ2v) is 20.4. The van der Waals surface area contributed by atoms with Gasteiger partial charge in [0.05, 0.1) is 34.0 Å². The molecule has 0 amide bonds. The van der Waals surface area contributed by atoms with Gasteiger partial charge in [0, 0.05) is 29.8 Å². The van der Waals surface area contributed by atoms with Gasteiger partial charge >= 0.3 is 23.9 Å². The summed E-state index contributed by atoms with van der Waals surface area (Å²) >= 11 is 0. The van der Waals surface area contributed by atoms with Gasteiger partial charge in [-0.1, -0.05) is 0 Å². The average molecular weight is 1290 g/mol. The lowest BCUT2D eigenvalue weighted by Gasteiger charge is -2.41. The number of aliphatic carboxylic acids is 1. The molecule has 0 aliphatic carbocycles. The highest BCUT2D eigenvalue weighted by Crippen LogP contribution is 2.49. The molecule has 15 N–H and O–H groups in total. The summed E-state index contributed by atoms with van der Waals surface area (Å²) in [5.41, 5.74) is 0.0873. The van der Waals surface area contributed by atoms with Crippen LogP contribution in [0.3, 0.4) is 0 Å². The zero-order valence-electron chi connectivity index (χ0n) is 48.1. The minimum atomic E-state index is -2.15. The van der Waals surface area contributed by atoms with Crippen molar-refractivity contribution in [3.05, 3.63) is 88.7 Å². The number of ether oxygens (including phenoxy) is 14. The highest BCUT2D eigenvalue weighted by Gasteiger charge is 2.49. The number of phenolic OH excluding ortho intramolecular Hbond substituents is 5. The lowest BCUT2D eigenvalue weighted by molar-refractivity contribution is -0.294. The molecule has 33 heteroatoms. The standard InChI is InChI=1S/C58H64O33/c1-78-30-9-22(10-31(79-2)44(30)67)5-7-40(63)82-19-36-46(69)49(72)52(75)56(89-36)85-25-15-27(59)26-17-35(88-58-54(77)51(74)48(71)38(91-58)21-84-42(65)18-39(61)62)55(86-29(26)16-25)24-13-28(60)43(66)34(14-24)87-57-53(76)50(73)47(70)37(90-57)20-83-41(64)8-6-23-11-32(80-3)45(68)33(12-23)81-4/h5-17,36-38,46-60,66-77H,18-21H2,1-4H3,(H,61,62). The van der Waals surface area contributed by atoms with Crippen LogP contribution in [0.2, 0.25) is 0 Å². The molecule has 0 spiro atoms. The molecule has 16 atom stereocenters. The third-order valence-electron chi connectivity index (χ3n) is 14.3. The van der Waals surface area contributed by atoms with Crippen LogP contribution in [0.15, 0.2) is 66.4 Å². The number of methoxy groups -OCH3 is 4. The largest absolute Gasteiger partial charge is 0.507 e. The number of carboxylic acid groups (broad SMARTS) is 1. The first kappa shape index (κ1) is 67.8. The van der Waals surface area contributed by atoms with Crippen molar-refractivity contribution in [2.24, 2.45) is 0 Å². The molecule has 0 bridgehead atoms. The Morgan fingerprint density at radius 2 is 0.901 bits per heavy atom. The van der Waals surface area contributed by atoms with Gasteiger partial charge in [0.25, 0.3) is 0 Å². The molecule has 4 aromatic rings. The minimum absolute atomic E-state index is 0.0140. The van der Waals surface area contributed by atoms with Gasteiger partial charge in [0.1, 0.15) is 122 Å². The number of aliphatic hydroxyl groups excluding tert-OH is 9. The topological polar surface area (TPSA) is 501 Å². The fraction of sp³-hybridized carbons (Fsp3) is 0.414. The van der Waals surface area contributed by atoms with E-state index in [-0.39, 0.29) is 57.1 Å². The van der Waals surface area contributed by atoms with Gasteiger partial charge in [0.15, 0.2) is 40.6 Å². The maximum absolute atomic E-state index is 12.9. The normalized spacial score (nSPS) is 27.9. The maximum Gasteiger partial charge on any atom is 0.330 e. The molecular formula is C58H64O33. The van der Waals surface area contributed by atoms with Crippen LogP contribution in [0.4, 0.5) is 0 Å². The van der Waals surface area contributed by atoms with Crippen molar-refractivity contribution < 1.29 is 162 Å². The molecule has 8 rings (SSSR count). The van der Waals surface area contributed by atoms with Gasteiger partial charge in [-0.3, -0.25) is 9.59 Å². The summed E-state index contributed by atoms with van der Waals surface area (Å²) in [6.07, 6.45) is -26.6. The molecule has 0 radical (unpaired) electrons. The van der Waals surface area contributed by atoms with Crippen molar-refractivity contribution in [2.75, 3.05) is 48.3 Å². The Kier molecular flexibility index (Phi) is 21.8. The van der Waals surface area contributed by atoms with Crippen molar-refractivity contribution in [3.63, 3.8) is 0 Å². The fourth-order valence-electron chi connectivity index (χ4n) is 9.46. The quantitative estimate of drug-likeness (QED) is 0.0131. The first-order valence-corrected chi connectivity index (χ1v) is 27.1. The second kappa shape index (κ2) is 29.2. The highest BCUT2D eigenvalue weighted by molar-refractivity contribution is 5.90. The number of hydrogen-bond acceptors (Lipinski definition) is 32. The summed E-state index contributed by atoms with van der Waals surface area (Å²) in [5, 5.41) is 162. The van der Waals surface area contributed by atoms with E-state index in [9.17, 15) is 90.7 Å². The van der Waals surface area contributed by atoms with E-state index in [1.54, 1.807) is 0 Å². The Hall–Kier alpha value is -9.10. The Labute approximate surface area is 513 Å². The third kappa shape index (κ3) is 15.6. The molecular weight excluding hydrogens is 1220 g/mol. The second-order valence-electron chi connectivity index (χ2n) is 20.4. The zero-order valence-corrected chi connectivity index (χ0v) is 48.1. The predicted octanol–water partition coefficient (Wildman–Crippen LogP) is -1.55. The lowest BCUT2D eigenvalue weighted by Crippen LogP contribution is -2.60. The van der Waals surface area contributed by atoms with E-state index in [0.29, 0.717) is 11.1 Å². The molecule has 4 aromatic carbocycles. The number of aliphatic hydroxyl groups is 9. The number of aromatic hydroxyl groups is 5. The van der Waals surface area contributed by atoms with Crippen molar-refractivity contribution in [1.29, 1.82) is 0 Å². The van der Waals surface area contributed by atoms with E-state index >= 15 is 0 Å². The van der Waals surface area contributed by atoms with Crippen LogP contribution in [-0.4, -0.2) is 241 Å². The Morgan fingerprint density at radius 1 is 0.473 bits per heavy atom. The third-order valence-corrected chi connectivity index (χ3v) is 14.3. The van der Waals surface area contributed by atoms with E-state index in [1.807, 2.05) is 0 Å². The van der Waals surface area contributed by atoms with Crippen LogP contribution in [0.25, 0.3) is 18.2 Å². The van der Waals surface area contributed by atoms with E-state index < -0.39 is 177 Å². The number of carboxylic acids is 1. The summed E-state index contributed by atoms with van der Waals surface area (Å²) in [6.45, 7) is -2.42. The average Bonchev–Trinajstić information content (AvgIpc) is 0.807. The molecule has 0 aromatic heterocycles. The smallest absolute Gasteiger partial charge is 0.330 e. The van der Waals surface area contributed by atoms with Crippen LogP contribution in [0, 0.1) is 0 Å². The van der Waals surface area contributed by atoms with Crippen LogP contribution < -0.4 is 33.2 Å². The first-order chi connectivity index (χ1) is 43.2. The number of rotatable bonds is 23. The van der Waals surface area contributed by atoms with E-state index in [4.69, 9.17) is 71.4 Å². The van der Waals surface area contributed by atoms with E-state index in [0.717, 1.165) is 42.5 Å². The molecule has 4 aliphatic heterocycles. The summed E-state index contributed by atoms with van der Waals surface area (Å²) < 4.78 is 77.0. The lowest BCUT2D eigenvalue weighted by atomic mass is 9.98. The van der Waals surface area contributed by atoms with Gasteiger partial charge in [-0.15, -0.1) is 0 Å². The molecule has 3 saturated heterocycles. The number of benzene rings is 4. The molecule has 0 saturated carbocycles. The van der Waals surface area contributed by atoms with Crippen molar-refractivity contribution in [1.82, 2.24) is 0 Å². The Bertz CT molecular complexity index is 3330. The number of carbonyl (C=O) groups excluding carboxylic acids is 3. The molecule has 4 aliphatic rings. The van der Waals surface area contributed by atoms with E-state index in [2.05, 4.69) is 0 Å². The molecule has 16 unspecified atom stereocenters. The first-order valence-electron chi connectivity index (χ1n) is 27.1. The molecule has 4 heterocycles. The highest BCUT2D eigenvalue weighted by atomic mass is 16.7. The summed E-state index contributed by atoms with van der Waals surface area (Å²) in [6, 6.07) is 9.38. The monoisotopic (exact) mass is 1290 g/mol. The van der Waals surface area contributed by atoms with Crippen LogP contribution in [0.1, 0.15) is 34.8 Å². The molecule has 3 fully saturated rings. The number of phenols is 5. The van der Waals surface area contributed by atoms with Gasteiger partial charge in [-0.05, 0) is 65.8 Å². The molecule has 494 valence electrons. The fourth-order valence-corrected chi connectivity index (χ4v) is 9.46. The molecule has 33 nitrogen and oxygen atoms in total. The van der Waals surface area contributed by atoms with Crippen LogP contribution in [0.5, 0.6) is 69.0 Å². The SMILES string of the molecule is COc1cc(C=CC(=O)OCC2OC(Oc3cc(O)c4c(c3)OC(c3cc(O)c(O)c(OC5OC(COC(=O)C=Cc6cc(OC)c(O)c(OC)c6)C(O)C(O)C5O)c3)C(OC3OC(COC(=O)CC(=O)O)C(O)C(O)C3O)=C4)C(O)C(O)C2O)cc(OC)c1O. The van der Waals surface area contributed by atoms with Gasteiger partial charge in [0.2, 0.25) is 36.1 Å². The van der Waals surface area contributed by atoms with Gasteiger partial charge in [-0.25, -0.2) is 9.59 Å². The Balaban J connectivity index is 1.05. The van der Waals surface area contributed by atoms with Crippen molar-refractivity contribution >= 4 is 42.1 Å². The number of esters is 3. The van der Waals surface area contributed by atoms with Crippen molar-refractivity contribution in [3.8, 4) is 69.0 Å². The summed E-state index contributed by atoms with van der Waals surface area (Å²) in [7, 11) is 5.16. The number of carbonyl (C=O) groups is 4. The van der Waals surface area contributed by atoms with Crippen LogP contribution in [-0.2, 0) is 52.3 Å².